The van der Waals surface area contributed by atoms with E-state index in [9.17, 15) is 4.39 Å². The highest BCUT2D eigenvalue weighted by Gasteiger charge is 2.28. The molecule has 1 atom stereocenters. The molecule has 0 spiro atoms. The molecule has 0 bridgehead atoms. The second kappa shape index (κ2) is 6.58. The Labute approximate surface area is 163 Å². The first-order valence-electron chi connectivity index (χ1n) is 8.42. The van der Waals surface area contributed by atoms with Crippen LogP contribution in [0.4, 0.5) is 10.2 Å². The van der Waals surface area contributed by atoms with Crippen molar-refractivity contribution in [3.63, 3.8) is 0 Å². The van der Waals surface area contributed by atoms with Crippen LogP contribution in [0.2, 0.25) is 0 Å². The SMILES string of the molecule is C[C@@H](Nc1ccn2ncc(C3=NC(C)(C)ON3)c2n1)c1cc(F)ccc1Br. The molecule has 0 aliphatic carbocycles. The number of halogens is 2. The molecule has 9 heteroatoms. The van der Waals surface area contributed by atoms with Crippen LogP contribution in [0.3, 0.4) is 0 Å². The van der Waals surface area contributed by atoms with Gasteiger partial charge in [-0.15, -0.1) is 0 Å². The molecule has 1 aromatic carbocycles. The van der Waals surface area contributed by atoms with Crippen LogP contribution in [0.1, 0.15) is 37.9 Å². The summed E-state index contributed by atoms with van der Waals surface area (Å²) < 4.78 is 16.1. The Balaban J connectivity index is 1.65. The van der Waals surface area contributed by atoms with E-state index in [1.165, 1.54) is 12.1 Å². The van der Waals surface area contributed by atoms with Crippen molar-refractivity contribution in [1.29, 1.82) is 0 Å². The number of aromatic nitrogens is 3. The van der Waals surface area contributed by atoms with Gasteiger partial charge in [-0.05, 0) is 50.6 Å². The van der Waals surface area contributed by atoms with Crippen LogP contribution in [0.5, 0.6) is 0 Å². The zero-order chi connectivity index (χ0) is 19.2. The quantitative estimate of drug-likeness (QED) is 0.655. The van der Waals surface area contributed by atoms with Gasteiger partial charge >= 0.3 is 0 Å². The number of nitrogens with zero attached hydrogens (tertiary/aromatic N) is 4. The smallest absolute Gasteiger partial charge is 0.182 e. The molecular weight excluding hydrogens is 415 g/mol. The fourth-order valence-corrected chi connectivity index (χ4v) is 3.46. The maximum atomic E-state index is 13.6. The Bertz CT molecular complexity index is 1050. The first-order valence-corrected chi connectivity index (χ1v) is 9.22. The van der Waals surface area contributed by atoms with E-state index < -0.39 is 5.72 Å². The number of benzene rings is 1. The molecule has 0 saturated heterocycles. The minimum atomic E-state index is -0.641. The number of anilines is 1. The molecule has 1 aliphatic heterocycles. The van der Waals surface area contributed by atoms with Crippen LogP contribution in [-0.2, 0) is 4.84 Å². The van der Waals surface area contributed by atoms with E-state index in [0.717, 1.165) is 15.6 Å². The molecule has 0 radical (unpaired) electrons. The van der Waals surface area contributed by atoms with E-state index in [2.05, 4.69) is 41.8 Å². The topological polar surface area (TPSA) is 75.8 Å². The summed E-state index contributed by atoms with van der Waals surface area (Å²) in [5.41, 5.74) is 4.37. The molecule has 3 aromatic rings. The minimum absolute atomic E-state index is 0.152. The maximum absolute atomic E-state index is 13.6. The van der Waals surface area contributed by atoms with Gasteiger partial charge in [0.1, 0.15) is 11.6 Å². The standard InChI is InChI=1S/C18H18BrFN6O/c1-10(12-8-11(20)4-5-14(12)19)22-15-6-7-26-17(23-15)13(9-21-26)16-24-18(2,3)27-25-16/h4-10H,1-3H3,(H,22,23)(H,24,25)/t10-/m1/s1. The van der Waals surface area contributed by atoms with Crippen molar-refractivity contribution >= 4 is 33.2 Å². The number of aliphatic imine (C=N–C) groups is 1. The monoisotopic (exact) mass is 432 g/mol. The van der Waals surface area contributed by atoms with Crippen molar-refractivity contribution in [1.82, 2.24) is 20.1 Å². The molecule has 2 aromatic heterocycles. The van der Waals surface area contributed by atoms with Crippen LogP contribution in [-0.4, -0.2) is 26.2 Å². The van der Waals surface area contributed by atoms with Crippen LogP contribution >= 0.6 is 15.9 Å². The first-order chi connectivity index (χ1) is 12.8. The van der Waals surface area contributed by atoms with Gasteiger partial charge in [0, 0.05) is 10.7 Å². The van der Waals surface area contributed by atoms with E-state index in [1.807, 2.05) is 33.0 Å². The van der Waals surface area contributed by atoms with Crippen molar-refractivity contribution in [2.45, 2.75) is 32.5 Å². The van der Waals surface area contributed by atoms with Gasteiger partial charge in [0.25, 0.3) is 0 Å². The van der Waals surface area contributed by atoms with Gasteiger partial charge in [-0.1, -0.05) is 15.9 Å². The fourth-order valence-electron chi connectivity index (χ4n) is 2.87. The zero-order valence-corrected chi connectivity index (χ0v) is 16.6. The van der Waals surface area contributed by atoms with Gasteiger partial charge in [-0.25, -0.2) is 29.2 Å². The first kappa shape index (κ1) is 17.9. The summed E-state index contributed by atoms with van der Waals surface area (Å²) in [7, 11) is 0. The highest BCUT2D eigenvalue weighted by molar-refractivity contribution is 9.10. The van der Waals surface area contributed by atoms with Gasteiger partial charge in [0.05, 0.1) is 17.8 Å². The molecule has 2 N–H and O–H groups in total. The van der Waals surface area contributed by atoms with Gasteiger partial charge < -0.3 is 5.32 Å². The van der Waals surface area contributed by atoms with Crippen molar-refractivity contribution in [3.05, 3.63) is 58.1 Å². The van der Waals surface area contributed by atoms with Gasteiger partial charge in [-0.3, -0.25) is 0 Å². The van der Waals surface area contributed by atoms with Crippen LogP contribution < -0.4 is 10.8 Å². The van der Waals surface area contributed by atoms with Gasteiger partial charge in [0.15, 0.2) is 17.2 Å². The molecular formula is C18H18BrFN6O. The predicted octanol–water partition coefficient (Wildman–Crippen LogP) is 3.82. The number of rotatable bonds is 4. The summed E-state index contributed by atoms with van der Waals surface area (Å²) in [5.74, 6) is 0.948. The third kappa shape index (κ3) is 3.52. The Morgan fingerprint density at radius 2 is 2.15 bits per heavy atom. The Kier molecular flexibility index (Phi) is 4.35. The third-order valence-corrected chi connectivity index (χ3v) is 4.91. The number of hydrogen-bond acceptors (Lipinski definition) is 6. The number of hydrogen-bond donors (Lipinski definition) is 2. The Morgan fingerprint density at radius 3 is 2.89 bits per heavy atom. The maximum Gasteiger partial charge on any atom is 0.182 e. The number of hydroxylamine groups is 1. The van der Waals surface area contributed by atoms with Crippen LogP contribution in [0.25, 0.3) is 5.65 Å². The Morgan fingerprint density at radius 1 is 1.33 bits per heavy atom. The molecule has 0 unspecified atom stereocenters. The van der Waals surface area contributed by atoms with Gasteiger partial charge in [0.2, 0.25) is 0 Å². The van der Waals surface area contributed by atoms with Crippen molar-refractivity contribution < 1.29 is 9.23 Å². The second-order valence-electron chi connectivity index (χ2n) is 6.78. The van der Waals surface area contributed by atoms with E-state index in [-0.39, 0.29) is 11.9 Å². The normalized spacial score (nSPS) is 16.9. The number of amidine groups is 1. The number of nitrogens with one attached hydrogen (secondary N) is 2. The summed E-state index contributed by atoms with van der Waals surface area (Å²) in [4.78, 5) is 14.6. The predicted molar refractivity (Wildman–Crippen MR) is 104 cm³/mol. The molecule has 4 rings (SSSR count). The Hall–Kier alpha value is -2.52. The molecule has 7 nitrogen and oxygen atoms in total. The van der Waals surface area contributed by atoms with Crippen LogP contribution in [0.15, 0.2) is 46.1 Å². The summed E-state index contributed by atoms with van der Waals surface area (Å²) >= 11 is 3.47. The molecule has 0 amide bonds. The van der Waals surface area contributed by atoms with E-state index in [1.54, 1.807) is 16.8 Å². The van der Waals surface area contributed by atoms with E-state index >= 15 is 0 Å². The fraction of sp³-hybridized carbons (Fsp3) is 0.278. The largest absolute Gasteiger partial charge is 0.363 e. The minimum Gasteiger partial charge on any atom is -0.363 e. The average Bonchev–Trinajstić information content (AvgIpc) is 3.19. The molecule has 0 fully saturated rings. The molecule has 0 saturated carbocycles. The molecule has 140 valence electrons. The summed E-state index contributed by atoms with van der Waals surface area (Å²) in [6, 6.07) is 6.28. The summed E-state index contributed by atoms with van der Waals surface area (Å²) in [5, 5.41) is 7.61. The number of fused-ring (bicyclic) bond motifs is 1. The lowest BCUT2D eigenvalue weighted by Crippen LogP contribution is -2.23. The molecule has 27 heavy (non-hydrogen) atoms. The zero-order valence-electron chi connectivity index (χ0n) is 15.0. The van der Waals surface area contributed by atoms with Crippen molar-refractivity contribution in [3.8, 4) is 0 Å². The lowest BCUT2D eigenvalue weighted by Gasteiger charge is -2.16. The highest BCUT2D eigenvalue weighted by Crippen LogP contribution is 2.27. The highest BCUT2D eigenvalue weighted by atomic mass is 79.9. The molecule has 1 aliphatic rings. The lowest BCUT2D eigenvalue weighted by atomic mass is 10.1. The van der Waals surface area contributed by atoms with Crippen LogP contribution in [0, 0.1) is 5.82 Å². The summed E-state index contributed by atoms with van der Waals surface area (Å²) in [6.45, 7) is 5.66. The lowest BCUT2D eigenvalue weighted by molar-refractivity contribution is -0.0269. The third-order valence-electron chi connectivity index (χ3n) is 4.19. The summed E-state index contributed by atoms with van der Waals surface area (Å²) in [6.07, 6.45) is 3.50. The van der Waals surface area contributed by atoms with E-state index in [0.29, 0.717) is 17.3 Å². The van der Waals surface area contributed by atoms with Crippen molar-refractivity contribution in [2.24, 2.45) is 4.99 Å². The second-order valence-corrected chi connectivity index (χ2v) is 7.64. The van der Waals surface area contributed by atoms with Crippen molar-refractivity contribution in [2.75, 3.05) is 5.32 Å². The average molecular weight is 433 g/mol. The van der Waals surface area contributed by atoms with Gasteiger partial charge in [-0.2, -0.15) is 5.10 Å². The molecule has 3 heterocycles. The van der Waals surface area contributed by atoms with E-state index in [4.69, 9.17) is 4.84 Å².